The Bertz CT molecular complexity index is 7990. The van der Waals surface area contributed by atoms with E-state index < -0.39 is 16.2 Å². The molecule has 650 valence electrons. The first kappa shape index (κ1) is 82.3. The zero-order valence-electron chi connectivity index (χ0n) is 77.6. The Balaban J connectivity index is 0.824. The molecule has 5 heteroatoms. The summed E-state index contributed by atoms with van der Waals surface area (Å²) >= 11 is 0. The molecule has 0 unspecified atom stereocenters. The van der Waals surface area contributed by atoms with Crippen LogP contribution in [0.5, 0.6) is 0 Å². The molecule has 21 aromatic carbocycles. The number of nitrogens with zero attached hydrogens (tertiary/aromatic N) is 4. The van der Waals surface area contributed by atoms with Gasteiger partial charge in [-0.05, 0) is 228 Å². The van der Waals surface area contributed by atoms with E-state index >= 15 is 0 Å². The highest BCUT2D eigenvalue weighted by Gasteiger charge is 2.52. The van der Waals surface area contributed by atoms with Gasteiger partial charge in [0.1, 0.15) is 0 Å². The van der Waals surface area contributed by atoms with Crippen molar-refractivity contribution in [2.75, 3.05) is 19.6 Å². The van der Waals surface area contributed by atoms with Gasteiger partial charge in [-0.3, -0.25) is 0 Å². The highest BCUT2D eigenvalue weighted by Crippen LogP contribution is 2.63. The van der Waals surface area contributed by atoms with Gasteiger partial charge in [-0.15, -0.1) is 0 Å². The molecule has 0 saturated heterocycles. The Morgan fingerprint density at radius 1 is 0.197 bits per heavy atom. The van der Waals surface area contributed by atoms with Gasteiger partial charge >= 0.3 is 0 Å². The Labute approximate surface area is 803 Å². The van der Waals surface area contributed by atoms with Crippen molar-refractivity contribution in [3.63, 3.8) is 0 Å². The van der Waals surface area contributed by atoms with Crippen molar-refractivity contribution in [2.45, 2.75) is 63.2 Å². The van der Waals surface area contributed by atoms with Crippen LogP contribution >= 0.6 is 0 Å². The summed E-state index contributed by atoms with van der Waals surface area (Å²) in [6.07, 6.45) is 0. The second-order valence-electron chi connectivity index (χ2n) is 39.3. The third-order valence-corrected chi connectivity index (χ3v) is 29.7. The molecule has 0 aromatic heterocycles. The lowest BCUT2D eigenvalue weighted by Crippen LogP contribution is -2.61. The SMILES string of the molecule is CC(C)(C)c1cc(-c2ccccc2)c(N2c3cc(N4c5ccccc5C(c5ccccc5)(c5ccccc5)c5ccccc54)ccc3B3c4ccc(N5c6ccccc6C(c6ccccc6)(c6ccccc6)c6ccccc65)cc4N(c4c(-c5ccc(-c6ccccc6)cc5)cccc4-c4ccc(-c5ccccc5)cc4)c4cc(C(C)(C)C)cc2c43)c(-c2ccc3c(ccc4ccccc43)c2)c1. The molecule has 0 radical (unpaired) electrons. The Hall–Kier alpha value is -16.6. The minimum Gasteiger partial charge on any atom is -0.310 e. The Morgan fingerprint density at radius 3 is 0.912 bits per heavy atom. The van der Waals surface area contributed by atoms with Gasteiger partial charge in [-0.25, -0.2) is 0 Å². The van der Waals surface area contributed by atoms with E-state index in [9.17, 15) is 0 Å². The molecule has 0 bridgehead atoms. The van der Waals surface area contributed by atoms with Gasteiger partial charge in [0, 0.05) is 56.4 Å². The van der Waals surface area contributed by atoms with Gasteiger partial charge < -0.3 is 19.6 Å². The van der Waals surface area contributed by atoms with Crippen molar-refractivity contribution in [2.24, 2.45) is 0 Å². The molecule has 0 saturated carbocycles. The quantitative estimate of drug-likeness (QED) is 0.0795. The molecule has 21 aromatic rings. The lowest BCUT2D eigenvalue weighted by atomic mass is 9.33. The van der Waals surface area contributed by atoms with Gasteiger partial charge in [0.2, 0.25) is 0 Å². The first-order chi connectivity index (χ1) is 67.2. The second-order valence-corrected chi connectivity index (χ2v) is 39.3. The normalized spacial score (nSPS) is 13.7. The molecular formula is C132H99BN4. The molecule has 137 heavy (non-hydrogen) atoms. The van der Waals surface area contributed by atoms with Crippen LogP contribution in [-0.4, -0.2) is 6.71 Å². The van der Waals surface area contributed by atoms with Gasteiger partial charge in [-0.1, -0.05) is 454 Å². The highest BCUT2D eigenvalue weighted by molar-refractivity contribution is 7.00. The van der Waals surface area contributed by atoms with Gasteiger partial charge in [-0.2, -0.15) is 0 Å². The number of anilines is 12. The summed E-state index contributed by atoms with van der Waals surface area (Å²) in [5.74, 6) is 0. The predicted molar refractivity (Wildman–Crippen MR) is 579 cm³/mol. The Morgan fingerprint density at radius 2 is 0.504 bits per heavy atom. The lowest BCUT2D eigenvalue weighted by Gasteiger charge is -2.48. The third kappa shape index (κ3) is 13.3. The first-order valence-corrected chi connectivity index (χ1v) is 48.1. The molecule has 25 rings (SSSR count). The summed E-state index contributed by atoms with van der Waals surface area (Å²) in [6.45, 7) is 14.0. The average Bonchev–Trinajstić information content (AvgIpc) is 0.675. The van der Waals surface area contributed by atoms with E-state index in [1.807, 2.05) is 0 Å². The zero-order chi connectivity index (χ0) is 91.8. The maximum Gasteiger partial charge on any atom is 0.252 e. The first-order valence-electron chi connectivity index (χ1n) is 48.1. The monoisotopic (exact) mass is 1750 g/mol. The molecule has 4 aliphatic rings. The molecule has 4 heterocycles. The molecule has 0 amide bonds. The van der Waals surface area contributed by atoms with E-state index in [-0.39, 0.29) is 12.1 Å². The molecule has 0 fully saturated rings. The Kier molecular flexibility index (Phi) is 19.6. The minimum absolute atomic E-state index is 0.291. The predicted octanol–water partition coefficient (Wildman–Crippen LogP) is 33.0. The maximum absolute atomic E-state index is 2.78. The molecule has 4 nitrogen and oxygen atoms in total. The number of hydrogen-bond donors (Lipinski definition) is 0. The summed E-state index contributed by atoms with van der Waals surface area (Å²) in [6, 6.07) is 187. The van der Waals surface area contributed by atoms with Crippen LogP contribution in [-0.2, 0) is 21.7 Å². The summed E-state index contributed by atoms with van der Waals surface area (Å²) in [4.78, 5) is 10.7. The van der Waals surface area contributed by atoms with Crippen molar-refractivity contribution in [3.8, 4) is 66.8 Å². The van der Waals surface area contributed by atoms with Gasteiger partial charge in [0.05, 0.1) is 45.0 Å². The molecule has 4 aliphatic heterocycles. The maximum atomic E-state index is 2.78. The molecule has 0 spiro atoms. The number of para-hydroxylation sites is 5. The number of benzene rings is 21. The van der Waals surface area contributed by atoms with Crippen molar-refractivity contribution < 1.29 is 0 Å². The fourth-order valence-electron chi connectivity index (χ4n) is 23.3. The van der Waals surface area contributed by atoms with Gasteiger partial charge in [0.15, 0.2) is 0 Å². The summed E-state index contributed by atoms with van der Waals surface area (Å²) in [7, 11) is 0. The largest absolute Gasteiger partial charge is 0.310 e. The van der Waals surface area contributed by atoms with Crippen LogP contribution in [0.2, 0.25) is 0 Å². The minimum atomic E-state index is -0.705. The number of hydrogen-bond acceptors (Lipinski definition) is 4. The topological polar surface area (TPSA) is 13.0 Å². The van der Waals surface area contributed by atoms with E-state index in [0.717, 1.165) is 124 Å². The summed E-state index contributed by atoms with van der Waals surface area (Å²) < 4.78 is 0. The van der Waals surface area contributed by atoms with Crippen molar-refractivity contribution in [3.05, 3.63) is 547 Å². The zero-order valence-corrected chi connectivity index (χ0v) is 77.6. The van der Waals surface area contributed by atoms with E-state index in [1.165, 1.54) is 105 Å². The van der Waals surface area contributed by atoms with Crippen LogP contribution in [0, 0.1) is 0 Å². The van der Waals surface area contributed by atoms with Crippen LogP contribution in [0.3, 0.4) is 0 Å². The van der Waals surface area contributed by atoms with E-state index in [0.29, 0.717) is 0 Å². The fraction of sp³-hybridized carbons (Fsp3) is 0.0758. The summed E-state index contributed by atoms with van der Waals surface area (Å²) in [5, 5.41) is 4.86. The van der Waals surface area contributed by atoms with Crippen LogP contribution in [0.4, 0.5) is 68.2 Å². The lowest BCUT2D eigenvalue weighted by molar-refractivity contribution is 0.590. The van der Waals surface area contributed by atoms with Crippen molar-refractivity contribution in [1.82, 2.24) is 0 Å². The molecule has 0 aliphatic carbocycles. The van der Waals surface area contributed by atoms with Crippen LogP contribution in [0.25, 0.3) is 88.3 Å². The van der Waals surface area contributed by atoms with Crippen LogP contribution in [0.1, 0.15) is 97.2 Å². The smallest absolute Gasteiger partial charge is 0.252 e. The molecular weight excluding hydrogens is 1650 g/mol. The van der Waals surface area contributed by atoms with Crippen molar-refractivity contribution >= 4 is 113 Å². The van der Waals surface area contributed by atoms with Crippen molar-refractivity contribution in [1.29, 1.82) is 0 Å². The van der Waals surface area contributed by atoms with E-state index in [4.69, 9.17) is 0 Å². The average molecular weight is 1750 g/mol. The third-order valence-electron chi connectivity index (χ3n) is 29.7. The van der Waals surface area contributed by atoms with E-state index in [2.05, 4.69) is 553 Å². The number of rotatable bonds is 14. The molecule has 0 N–H and O–H groups in total. The second kappa shape index (κ2) is 32.7. The van der Waals surface area contributed by atoms with Crippen LogP contribution in [0.15, 0.2) is 491 Å². The standard InChI is InChI=1S/C132H99BN4/c1-129(2,3)102-82-110(92-43-18-9-19-44-92)128(111(83-102)97-75-78-107-96(81-97)74-73-93-45-28-29-54-106(93)107)137-123-87-105(135-120-63-36-32-59-114(120)132(100-50-24-12-25-51-100,101-52-26-13-27-53-101)115-60-33-37-64-121(115)135)77-80-117(123)133-116-79-76-104(134-118-61-34-30-57-112(118)131(98-46-20-10-21-47-98,99-48-22-11-23-49-99)113-58-31-35-62-119(113)134)86-122(116)136(124-84-103(130(4,5)6)85-125(137)126(124)133)127-108(94-69-65-90(66-70-94)88-39-14-7-15-40-88)55-38-56-109(127)95-71-67-91(68-72-95)89-41-16-8-17-42-89/h7-87H,1-6H3. The van der Waals surface area contributed by atoms with E-state index in [1.54, 1.807) is 0 Å². The number of fused-ring (bicyclic) bond motifs is 11. The summed E-state index contributed by atoms with van der Waals surface area (Å²) in [5.41, 5.74) is 40.1. The van der Waals surface area contributed by atoms with Crippen LogP contribution < -0.4 is 36.0 Å². The fourth-order valence-corrected chi connectivity index (χ4v) is 23.3. The molecule has 0 atom stereocenters. The van der Waals surface area contributed by atoms with Gasteiger partial charge in [0.25, 0.3) is 6.71 Å². The highest BCUT2D eigenvalue weighted by atomic mass is 15.2.